The number of pyridine rings is 1. The van der Waals surface area contributed by atoms with Gasteiger partial charge in [0.25, 0.3) is 0 Å². The first-order valence-electron chi connectivity index (χ1n) is 6.34. The maximum atomic E-state index is 5.66. The number of rotatable bonds is 3. The highest BCUT2D eigenvalue weighted by molar-refractivity contribution is 5.78. The van der Waals surface area contributed by atoms with Crippen LogP contribution in [0.3, 0.4) is 0 Å². The Morgan fingerprint density at radius 1 is 1.30 bits per heavy atom. The van der Waals surface area contributed by atoms with Crippen molar-refractivity contribution in [3.63, 3.8) is 0 Å². The normalized spacial score (nSPS) is 10.7. The molecule has 102 valence electrons. The smallest absolute Gasteiger partial charge is 0.220 e. The highest BCUT2D eigenvalue weighted by Gasteiger charge is 2.14. The fourth-order valence-corrected chi connectivity index (χ4v) is 2.01. The molecule has 0 saturated carbocycles. The highest BCUT2D eigenvalue weighted by atomic mass is 15.3. The predicted molar refractivity (Wildman–Crippen MR) is 78.7 cm³/mol. The molecular formula is C14H16N6. The van der Waals surface area contributed by atoms with Crippen LogP contribution < -0.4 is 5.73 Å². The maximum Gasteiger partial charge on any atom is 0.220 e. The molecule has 3 rings (SSSR count). The van der Waals surface area contributed by atoms with Crippen molar-refractivity contribution in [1.29, 1.82) is 0 Å². The third-order valence-electron chi connectivity index (χ3n) is 2.97. The van der Waals surface area contributed by atoms with Crippen molar-refractivity contribution in [2.75, 3.05) is 5.73 Å². The molecule has 20 heavy (non-hydrogen) atoms. The highest BCUT2D eigenvalue weighted by Crippen LogP contribution is 2.29. The minimum Gasteiger partial charge on any atom is -0.368 e. The van der Waals surface area contributed by atoms with Gasteiger partial charge >= 0.3 is 0 Å². The molecule has 3 heterocycles. The molecule has 6 nitrogen and oxygen atoms in total. The number of anilines is 1. The number of aryl methyl sites for hydroxylation is 1. The van der Waals surface area contributed by atoms with E-state index in [0.717, 1.165) is 29.1 Å². The first kappa shape index (κ1) is 12.3. The Morgan fingerprint density at radius 2 is 2.20 bits per heavy atom. The minimum absolute atomic E-state index is 0. The van der Waals surface area contributed by atoms with Crippen molar-refractivity contribution in [2.45, 2.75) is 13.5 Å². The summed E-state index contributed by atoms with van der Waals surface area (Å²) in [4.78, 5) is 12.3. The summed E-state index contributed by atoms with van der Waals surface area (Å²) in [6.45, 7) is 2.83. The van der Waals surface area contributed by atoms with Gasteiger partial charge in [-0.3, -0.25) is 9.67 Å². The zero-order valence-corrected chi connectivity index (χ0v) is 11.1. The van der Waals surface area contributed by atoms with Crippen LogP contribution in [0.15, 0.2) is 43.0 Å². The number of aromatic nitrogens is 5. The average Bonchev–Trinajstić information content (AvgIpc) is 2.92. The van der Waals surface area contributed by atoms with E-state index in [1.54, 1.807) is 18.6 Å². The fraction of sp³-hybridized carbons (Fsp3) is 0.143. The molecule has 3 aromatic heterocycles. The Hall–Kier alpha value is -2.76. The molecule has 0 aliphatic carbocycles. The lowest BCUT2D eigenvalue weighted by molar-refractivity contribution is 0.662. The Labute approximate surface area is 117 Å². The van der Waals surface area contributed by atoms with Crippen LogP contribution >= 0.6 is 0 Å². The van der Waals surface area contributed by atoms with E-state index < -0.39 is 0 Å². The lowest BCUT2D eigenvalue weighted by atomic mass is 10.1. The van der Waals surface area contributed by atoms with Gasteiger partial charge in [-0.05, 0) is 25.1 Å². The van der Waals surface area contributed by atoms with E-state index in [2.05, 4.69) is 20.1 Å². The third kappa shape index (κ3) is 2.23. The molecule has 2 N–H and O–H groups in total. The van der Waals surface area contributed by atoms with Crippen LogP contribution in [0.1, 0.15) is 8.35 Å². The van der Waals surface area contributed by atoms with E-state index in [4.69, 9.17) is 5.73 Å². The number of nitrogen functional groups attached to an aromatic ring is 1. The quantitative estimate of drug-likeness (QED) is 0.787. The van der Waals surface area contributed by atoms with Crippen LogP contribution in [0, 0.1) is 0 Å². The van der Waals surface area contributed by atoms with Crippen LogP contribution in [0.4, 0.5) is 5.95 Å². The molecule has 0 amide bonds. The first-order valence-corrected chi connectivity index (χ1v) is 6.34. The van der Waals surface area contributed by atoms with Gasteiger partial charge in [0, 0.05) is 43.9 Å². The van der Waals surface area contributed by atoms with Crippen molar-refractivity contribution in [1.82, 2.24) is 24.7 Å². The van der Waals surface area contributed by atoms with E-state index in [-0.39, 0.29) is 7.37 Å². The molecule has 0 unspecified atom stereocenters. The Balaban J connectivity index is 0.00000161. The van der Waals surface area contributed by atoms with E-state index >= 15 is 0 Å². The predicted octanol–water partition coefficient (Wildman–Crippen LogP) is 2.25. The van der Waals surface area contributed by atoms with Gasteiger partial charge in [0.2, 0.25) is 5.95 Å². The molecule has 0 radical (unpaired) electrons. The second-order valence-corrected chi connectivity index (χ2v) is 4.29. The SMILES string of the molecule is CCn1cc(-c2ccnc(N)n2)c(-c2cccnc2)n1.[HH]. The molecule has 3 aromatic rings. The lowest BCUT2D eigenvalue weighted by Crippen LogP contribution is -1.95. The maximum absolute atomic E-state index is 5.66. The lowest BCUT2D eigenvalue weighted by Gasteiger charge is -2.01. The number of hydrogen-bond donors (Lipinski definition) is 1. The number of nitrogens with two attached hydrogens (primary N) is 1. The van der Waals surface area contributed by atoms with E-state index in [1.165, 1.54) is 0 Å². The topological polar surface area (TPSA) is 82.5 Å². The summed E-state index contributed by atoms with van der Waals surface area (Å²) in [6.07, 6.45) is 7.14. The summed E-state index contributed by atoms with van der Waals surface area (Å²) in [5.74, 6) is 0.254. The third-order valence-corrected chi connectivity index (χ3v) is 2.97. The minimum atomic E-state index is 0. The zero-order chi connectivity index (χ0) is 13.9. The average molecular weight is 268 g/mol. The summed E-state index contributed by atoms with van der Waals surface area (Å²) >= 11 is 0. The van der Waals surface area contributed by atoms with Crippen molar-refractivity contribution >= 4 is 5.95 Å². The number of hydrogen-bond acceptors (Lipinski definition) is 5. The van der Waals surface area contributed by atoms with E-state index in [0.29, 0.717) is 0 Å². The molecule has 0 fully saturated rings. The summed E-state index contributed by atoms with van der Waals surface area (Å²) in [7, 11) is 0. The second kappa shape index (κ2) is 5.08. The summed E-state index contributed by atoms with van der Waals surface area (Å²) in [5.41, 5.74) is 9.14. The molecule has 0 aliphatic heterocycles. The van der Waals surface area contributed by atoms with Gasteiger partial charge in [0.15, 0.2) is 0 Å². The largest absolute Gasteiger partial charge is 0.368 e. The Bertz CT molecular complexity index is 725. The Morgan fingerprint density at radius 3 is 2.90 bits per heavy atom. The van der Waals surface area contributed by atoms with Crippen molar-refractivity contribution < 1.29 is 1.43 Å². The molecular weight excluding hydrogens is 252 g/mol. The van der Waals surface area contributed by atoms with E-state index in [1.807, 2.05) is 36.0 Å². The molecule has 0 saturated heterocycles. The molecule has 0 spiro atoms. The molecule has 0 bridgehead atoms. The molecule has 0 aliphatic rings. The van der Waals surface area contributed by atoms with Gasteiger partial charge in [-0.1, -0.05) is 0 Å². The van der Waals surface area contributed by atoms with Crippen molar-refractivity contribution in [2.24, 2.45) is 0 Å². The monoisotopic (exact) mass is 268 g/mol. The molecule has 0 atom stereocenters. The standard InChI is InChI=1S/C14H14N6.H2/c1-2-20-9-11(12-5-7-17-14(15)18-12)13(19-20)10-4-3-6-16-8-10;/h3-9H,2H2,1H3,(H2,15,17,18);1H. The van der Waals surface area contributed by atoms with Gasteiger partial charge in [-0.15, -0.1) is 0 Å². The summed E-state index contributed by atoms with van der Waals surface area (Å²) < 4.78 is 1.87. The first-order chi connectivity index (χ1) is 9.78. The van der Waals surface area contributed by atoms with Gasteiger partial charge in [0.05, 0.1) is 5.69 Å². The van der Waals surface area contributed by atoms with Gasteiger partial charge in [0.1, 0.15) is 5.69 Å². The zero-order valence-electron chi connectivity index (χ0n) is 11.1. The van der Waals surface area contributed by atoms with Crippen LogP contribution in [-0.2, 0) is 6.54 Å². The fourth-order valence-electron chi connectivity index (χ4n) is 2.01. The Kier molecular flexibility index (Phi) is 3.12. The van der Waals surface area contributed by atoms with Gasteiger partial charge in [-0.25, -0.2) is 9.97 Å². The van der Waals surface area contributed by atoms with Gasteiger partial charge in [-0.2, -0.15) is 5.10 Å². The van der Waals surface area contributed by atoms with Crippen molar-refractivity contribution in [3.8, 4) is 22.5 Å². The van der Waals surface area contributed by atoms with E-state index in [9.17, 15) is 0 Å². The molecule has 0 aromatic carbocycles. The second-order valence-electron chi connectivity index (χ2n) is 4.29. The summed E-state index contributed by atoms with van der Waals surface area (Å²) in [5, 5.41) is 4.58. The van der Waals surface area contributed by atoms with Crippen LogP contribution in [0.2, 0.25) is 0 Å². The number of nitrogens with zero attached hydrogens (tertiary/aromatic N) is 5. The molecule has 6 heteroatoms. The van der Waals surface area contributed by atoms with Crippen molar-refractivity contribution in [3.05, 3.63) is 43.0 Å². The van der Waals surface area contributed by atoms with Crippen LogP contribution in [0.25, 0.3) is 22.5 Å². The van der Waals surface area contributed by atoms with Crippen LogP contribution in [0.5, 0.6) is 0 Å². The van der Waals surface area contributed by atoms with Gasteiger partial charge < -0.3 is 5.73 Å². The van der Waals surface area contributed by atoms with Crippen LogP contribution in [-0.4, -0.2) is 24.7 Å². The summed E-state index contributed by atoms with van der Waals surface area (Å²) in [6, 6.07) is 5.69.